The van der Waals surface area contributed by atoms with E-state index >= 15 is 0 Å². The van der Waals surface area contributed by atoms with E-state index in [0.29, 0.717) is 4.65 Å². The molecule has 0 fully saturated rings. The van der Waals surface area contributed by atoms with Gasteiger partial charge in [0.2, 0.25) is 0 Å². The number of rotatable bonds is 21. The van der Waals surface area contributed by atoms with E-state index in [0.717, 1.165) is 13.0 Å². The molecule has 1 atom stereocenters. The molecule has 1 unspecified atom stereocenters. The van der Waals surface area contributed by atoms with Gasteiger partial charge in [-0.25, -0.2) is 4.84 Å². The summed E-state index contributed by atoms with van der Waals surface area (Å²) in [5.74, 6) is 0. The van der Waals surface area contributed by atoms with E-state index in [1.54, 1.807) is 0 Å². The highest BCUT2D eigenvalue weighted by molar-refractivity contribution is 4.50. The molecule has 0 rings (SSSR count). The maximum absolute atomic E-state index is 9.35. The van der Waals surface area contributed by atoms with Crippen molar-refractivity contribution >= 4 is 0 Å². The first-order valence-electron chi connectivity index (χ1n) is 11.8. The lowest BCUT2D eigenvalue weighted by atomic mass is 10.0. The number of hydrogen-bond acceptors (Lipinski definition) is 3. The SMILES string of the molecule is CCCCCCCCCCCCCCCCCC[N+](C)(C)OCC(O)CO.[Cl-]. The second kappa shape index (κ2) is 21.8. The first-order chi connectivity index (χ1) is 13.0. The number of hydroxylamine groups is 3. The summed E-state index contributed by atoms with van der Waals surface area (Å²) in [6, 6.07) is 0. The third-order valence-corrected chi connectivity index (χ3v) is 5.38. The number of aliphatic hydroxyl groups is 2. The minimum Gasteiger partial charge on any atom is -1.00 e. The van der Waals surface area contributed by atoms with Crippen molar-refractivity contribution in [3.8, 4) is 0 Å². The Labute approximate surface area is 182 Å². The summed E-state index contributed by atoms with van der Waals surface area (Å²) in [6.45, 7) is 3.20. The second-order valence-corrected chi connectivity index (χ2v) is 8.73. The summed E-state index contributed by atoms with van der Waals surface area (Å²) >= 11 is 0. The summed E-state index contributed by atoms with van der Waals surface area (Å²) in [6.07, 6.45) is 21.4. The zero-order valence-corrected chi connectivity index (χ0v) is 19.9. The summed E-state index contributed by atoms with van der Waals surface area (Å²) in [5, 5.41) is 18.2. The van der Waals surface area contributed by atoms with Gasteiger partial charge in [0.05, 0.1) is 20.7 Å². The quantitative estimate of drug-likeness (QED) is 0.169. The fourth-order valence-corrected chi connectivity index (χ4v) is 3.45. The maximum atomic E-state index is 9.35. The minimum atomic E-state index is -0.770. The van der Waals surface area contributed by atoms with Gasteiger partial charge >= 0.3 is 0 Å². The molecule has 0 heterocycles. The van der Waals surface area contributed by atoms with Crippen molar-refractivity contribution in [1.29, 1.82) is 0 Å². The molecule has 0 amide bonds. The molecule has 0 radical (unpaired) electrons. The average molecular weight is 424 g/mol. The van der Waals surface area contributed by atoms with Gasteiger partial charge in [0, 0.05) is 0 Å². The predicted octanol–water partition coefficient (Wildman–Crippen LogP) is 2.61. The molecule has 0 aliphatic rings. The van der Waals surface area contributed by atoms with Crippen LogP contribution in [0.4, 0.5) is 0 Å². The largest absolute Gasteiger partial charge is 1.00 e. The van der Waals surface area contributed by atoms with Gasteiger partial charge in [-0.1, -0.05) is 96.8 Å². The van der Waals surface area contributed by atoms with Crippen LogP contribution in [0.1, 0.15) is 110 Å². The molecule has 2 N–H and O–H groups in total. The molecule has 0 aromatic carbocycles. The van der Waals surface area contributed by atoms with Crippen LogP contribution in [0.5, 0.6) is 0 Å². The summed E-state index contributed by atoms with van der Waals surface area (Å²) in [5.41, 5.74) is 0. The van der Waals surface area contributed by atoms with Gasteiger partial charge in [-0.15, -0.1) is 0 Å². The van der Waals surface area contributed by atoms with Crippen molar-refractivity contribution in [2.24, 2.45) is 0 Å². The molecule has 0 aromatic rings. The Hall–Kier alpha value is 0.130. The van der Waals surface area contributed by atoms with Crippen LogP contribution < -0.4 is 12.4 Å². The molecule has 0 saturated carbocycles. The number of unbranched alkanes of at least 4 members (excludes halogenated alkanes) is 15. The van der Waals surface area contributed by atoms with Crippen LogP contribution in [0.15, 0.2) is 0 Å². The van der Waals surface area contributed by atoms with Crippen molar-refractivity contribution in [3.05, 3.63) is 0 Å². The normalized spacial score (nSPS) is 12.8. The smallest absolute Gasteiger partial charge is 0.134 e. The van der Waals surface area contributed by atoms with E-state index in [4.69, 9.17) is 9.94 Å². The first kappa shape index (κ1) is 30.3. The van der Waals surface area contributed by atoms with Crippen molar-refractivity contribution in [3.63, 3.8) is 0 Å². The van der Waals surface area contributed by atoms with Crippen LogP contribution in [0.2, 0.25) is 0 Å². The number of quaternary nitrogens is 1. The van der Waals surface area contributed by atoms with Crippen LogP contribution in [-0.4, -0.2) is 54.8 Å². The lowest BCUT2D eigenvalue weighted by Crippen LogP contribution is -3.00. The Morgan fingerprint density at radius 2 is 1.04 bits per heavy atom. The third kappa shape index (κ3) is 22.4. The molecule has 4 nitrogen and oxygen atoms in total. The highest BCUT2D eigenvalue weighted by atomic mass is 35.5. The predicted molar refractivity (Wildman–Crippen MR) is 116 cm³/mol. The second-order valence-electron chi connectivity index (χ2n) is 8.73. The first-order valence-corrected chi connectivity index (χ1v) is 11.8. The Morgan fingerprint density at radius 1 is 0.679 bits per heavy atom. The molecule has 0 aromatic heterocycles. The van der Waals surface area contributed by atoms with Crippen molar-refractivity contribution < 1.29 is 32.1 Å². The Kier molecular flexibility index (Phi) is 23.6. The topological polar surface area (TPSA) is 49.7 Å². The van der Waals surface area contributed by atoms with E-state index in [2.05, 4.69) is 6.92 Å². The standard InChI is InChI=1S/C23H50NO3.ClH/c1-4-5-6-7-8-9-10-11-12-13-14-15-16-17-18-19-20-24(2,3)27-22-23(26)21-25;/h23,25-26H,4-22H2,1-3H3;1H/q+1;/p-1. The molecule has 0 aliphatic heterocycles. The molecule has 0 aliphatic carbocycles. The highest BCUT2D eigenvalue weighted by Gasteiger charge is 2.18. The summed E-state index contributed by atoms with van der Waals surface area (Å²) < 4.78 is 0.454. The molecule has 0 spiro atoms. The van der Waals surface area contributed by atoms with Crippen LogP contribution in [0.3, 0.4) is 0 Å². The van der Waals surface area contributed by atoms with Crippen molar-refractivity contribution in [2.45, 2.75) is 116 Å². The van der Waals surface area contributed by atoms with E-state index in [-0.39, 0.29) is 25.6 Å². The van der Waals surface area contributed by atoms with Crippen molar-refractivity contribution in [2.75, 3.05) is 33.9 Å². The summed E-state index contributed by atoms with van der Waals surface area (Å²) in [7, 11) is 4.02. The van der Waals surface area contributed by atoms with E-state index in [1.807, 2.05) is 14.1 Å². The number of hydrogen-bond donors (Lipinski definition) is 2. The molecule has 172 valence electrons. The Balaban J connectivity index is 0. The molecule has 28 heavy (non-hydrogen) atoms. The van der Waals surface area contributed by atoms with Crippen LogP contribution in [0, 0.1) is 0 Å². The minimum absolute atomic E-state index is 0. The van der Waals surface area contributed by atoms with E-state index in [1.165, 1.54) is 96.3 Å². The van der Waals surface area contributed by atoms with Gasteiger partial charge in [-0.3, -0.25) is 0 Å². The van der Waals surface area contributed by atoms with Crippen LogP contribution in [0.25, 0.3) is 0 Å². The number of nitrogens with zero attached hydrogens (tertiary/aromatic N) is 1. The van der Waals surface area contributed by atoms with Crippen LogP contribution in [-0.2, 0) is 4.84 Å². The zero-order valence-electron chi connectivity index (χ0n) is 19.1. The molecular formula is C23H50ClNO3. The molecule has 0 bridgehead atoms. The van der Waals surface area contributed by atoms with Gasteiger partial charge in [-0.2, -0.15) is 4.65 Å². The van der Waals surface area contributed by atoms with Gasteiger partial charge < -0.3 is 22.6 Å². The average Bonchev–Trinajstić information content (AvgIpc) is 2.65. The highest BCUT2D eigenvalue weighted by Crippen LogP contribution is 2.14. The zero-order chi connectivity index (χ0) is 20.2. The lowest BCUT2D eigenvalue weighted by molar-refractivity contribution is -1.08. The third-order valence-electron chi connectivity index (χ3n) is 5.38. The van der Waals surface area contributed by atoms with Gasteiger partial charge in [0.25, 0.3) is 0 Å². The Bertz CT molecular complexity index is 304. The fraction of sp³-hybridized carbons (Fsp3) is 1.00. The Morgan fingerprint density at radius 3 is 1.39 bits per heavy atom. The van der Waals surface area contributed by atoms with Crippen LogP contribution >= 0.6 is 0 Å². The number of aliphatic hydroxyl groups excluding tert-OH is 2. The van der Waals surface area contributed by atoms with Gasteiger partial charge in [0.1, 0.15) is 19.3 Å². The molecular weight excluding hydrogens is 374 g/mol. The van der Waals surface area contributed by atoms with E-state index < -0.39 is 6.10 Å². The van der Waals surface area contributed by atoms with Gasteiger partial charge in [0.15, 0.2) is 0 Å². The fourth-order valence-electron chi connectivity index (χ4n) is 3.45. The lowest BCUT2D eigenvalue weighted by Gasteiger charge is -2.27. The monoisotopic (exact) mass is 423 g/mol. The van der Waals surface area contributed by atoms with Gasteiger partial charge in [-0.05, 0) is 12.8 Å². The van der Waals surface area contributed by atoms with Crippen molar-refractivity contribution in [1.82, 2.24) is 0 Å². The summed E-state index contributed by atoms with van der Waals surface area (Å²) in [4.78, 5) is 5.63. The number of halogens is 1. The van der Waals surface area contributed by atoms with E-state index in [9.17, 15) is 5.11 Å². The maximum Gasteiger partial charge on any atom is 0.134 e. The molecule has 0 saturated heterocycles. The molecule has 5 heteroatoms.